The van der Waals surface area contributed by atoms with Crippen molar-refractivity contribution in [2.45, 2.75) is 56.6 Å². The van der Waals surface area contributed by atoms with E-state index in [1.165, 1.54) is 37.4 Å². The lowest BCUT2D eigenvalue weighted by molar-refractivity contribution is -0.119. The van der Waals surface area contributed by atoms with Crippen LogP contribution in [0.5, 0.6) is 0 Å². The molecule has 2 aromatic carbocycles. The number of fused-ring (bicyclic) bond motifs is 3. The van der Waals surface area contributed by atoms with Crippen molar-refractivity contribution < 1.29 is 4.79 Å². The summed E-state index contributed by atoms with van der Waals surface area (Å²) in [5, 5.41) is 13.4. The van der Waals surface area contributed by atoms with Gasteiger partial charge in [0, 0.05) is 6.04 Å². The number of rotatable bonds is 8. The fourth-order valence-corrected chi connectivity index (χ4v) is 5.81. The standard InChI is InChI=1S/C27H29N5O2S/c1-16(2)19-7-3-5-9-21(19)31-25(34)20-8-4-6-10-22(20)32-26(31)29-30-27(32)35-15-23(33)28-24(17-11-12-17)18-13-14-18/h3-10,16-18,24H,11-15H2,1-2H3,(H,28,33). The fourth-order valence-electron chi connectivity index (χ4n) is 5.06. The molecular weight excluding hydrogens is 458 g/mol. The van der Waals surface area contributed by atoms with Crippen molar-refractivity contribution in [1.29, 1.82) is 0 Å². The topological polar surface area (TPSA) is 81.3 Å². The molecule has 1 N–H and O–H groups in total. The monoisotopic (exact) mass is 487 g/mol. The number of nitrogens with one attached hydrogen (secondary N) is 1. The lowest BCUT2D eigenvalue weighted by Crippen LogP contribution is -2.39. The van der Waals surface area contributed by atoms with Crippen LogP contribution in [-0.4, -0.2) is 36.9 Å². The molecule has 0 radical (unpaired) electrons. The van der Waals surface area contributed by atoms with Crippen LogP contribution in [0.2, 0.25) is 0 Å². The lowest BCUT2D eigenvalue weighted by Gasteiger charge is -2.17. The van der Waals surface area contributed by atoms with Crippen molar-refractivity contribution in [3.63, 3.8) is 0 Å². The molecule has 2 heterocycles. The van der Waals surface area contributed by atoms with Crippen molar-refractivity contribution in [1.82, 2.24) is 24.5 Å². The molecule has 0 aliphatic heterocycles. The van der Waals surface area contributed by atoms with Gasteiger partial charge in [-0.25, -0.2) is 4.57 Å². The van der Waals surface area contributed by atoms with E-state index in [4.69, 9.17) is 0 Å². The summed E-state index contributed by atoms with van der Waals surface area (Å²) in [4.78, 5) is 26.5. The highest BCUT2D eigenvalue weighted by molar-refractivity contribution is 7.99. The summed E-state index contributed by atoms with van der Waals surface area (Å²) >= 11 is 1.37. The van der Waals surface area contributed by atoms with E-state index in [-0.39, 0.29) is 23.1 Å². The van der Waals surface area contributed by atoms with E-state index in [2.05, 4.69) is 29.4 Å². The quantitative estimate of drug-likeness (QED) is 0.369. The minimum Gasteiger partial charge on any atom is -0.352 e. The largest absolute Gasteiger partial charge is 0.352 e. The zero-order valence-corrected chi connectivity index (χ0v) is 20.8. The van der Waals surface area contributed by atoms with Crippen LogP contribution < -0.4 is 10.9 Å². The summed E-state index contributed by atoms with van der Waals surface area (Å²) in [6, 6.07) is 15.8. The first-order chi connectivity index (χ1) is 17.0. The van der Waals surface area contributed by atoms with E-state index in [0.717, 1.165) is 16.8 Å². The molecule has 180 valence electrons. The Balaban J connectivity index is 1.40. The summed E-state index contributed by atoms with van der Waals surface area (Å²) in [5.41, 5.74) is 2.49. The summed E-state index contributed by atoms with van der Waals surface area (Å²) in [7, 11) is 0. The zero-order valence-electron chi connectivity index (χ0n) is 20.0. The summed E-state index contributed by atoms with van der Waals surface area (Å²) < 4.78 is 3.57. The first-order valence-electron chi connectivity index (χ1n) is 12.4. The normalized spacial score (nSPS) is 16.0. The number of carbonyl (C=O) groups excluding carboxylic acids is 1. The third-order valence-corrected chi connectivity index (χ3v) is 8.04. The first kappa shape index (κ1) is 22.3. The Morgan fingerprint density at radius 3 is 2.43 bits per heavy atom. The number of aromatic nitrogens is 4. The molecule has 8 heteroatoms. The van der Waals surface area contributed by atoms with E-state index in [1.54, 1.807) is 4.57 Å². The maximum atomic E-state index is 13.7. The molecule has 0 saturated heterocycles. The maximum Gasteiger partial charge on any atom is 0.267 e. The van der Waals surface area contributed by atoms with E-state index >= 15 is 0 Å². The van der Waals surface area contributed by atoms with Crippen molar-refractivity contribution in [2.24, 2.45) is 11.8 Å². The lowest BCUT2D eigenvalue weighted by atomic mass is 10.0. The van der Waals surface area contributed by atoms with Gasteiger partial charge in [-0.1, -0.05) is 55.9 Å². The molecule has 6 rings (SSSR count). The number of carbonyl (C=O) groups is 1. The molecule has 0 bridgehead atoms. The average Bonchev–Trinajstić information content (AvgIpc) is 3.80. The Morgan fingerprint density at radius 1 is 1.03 bits per heavy atom. The van der Waals surface area contributed by atoms with Gasteiger partial charge < -0.3 is 5.32 Å². The molecule has 2 aliphatic rings. The highest BCUT2D eigenvalue weighted by atomic mass is 32.2. The molecule has 2 saturated carbocycles. The predicted octanol–water partition coefficient (Wildman–Crippen LogP) is 4.55. The van der Waals surface area contributed by atoms with Crippen molar-refractivity contribution in [2.75, 3.05) is 5.75 Å². The molecular formula is C27H29N5O2S. The van der Waals surface area contributed by atoms with Gasteiger partial charge in [0.1, 0.15) is 0 Å². The van der Waals surface area contributed by atoms with Gasteiger partial charge in [0.15, 0.2) is 5.16 Å². The van der Waals surface area contributed by atoms with Crippen molar-refractivity contribution in [3.8, 4) is 5.69 Å². The third kappa shape index (κ3) is 4.14. The molecule has 0 spiro atoms. The number of thioether (sulfide) groups is 1. The number of hydrogen-bond acceptors (Lipinski definition) is 5. The minimum absolute atomic E-state index is 0.0401. The van der Waals surface area contributed by atoms with Crippen molar-refractivity contribution in [3.05, 3.63) is 64.4 Å². The fraction of sp³-hybridized carbons (Fsp3) is 0.407. The molecule has 35 heavy (non-hydrogen) atoms. The molecule has 2 aliphatic carbocycles. The second-order valence-electron chi connectivity index (χ2n) is 10.0. The number of benzene rings is 2. The van der Waals surface area contributed by atoms with E-state index in [0.29, 0.717) is 34.2 Å². The van der Waals surface area contributed by atoms with E-state index in [9.17, 15) is 9.59 Å². The van der Waals surface area contributed by atoms with Crippen LogP contribution in [0.25, 0.3) is 22.4 Å². The van der Waals surface area contributed by atoms with Gasteiger partial charge in [-0.05, 0) is 67.2 Å². The molecule has 0 atom stereocenters. The van der Waals surface area contributed by atoms with Gasteiger partial charge in [0.25, 0.3) is 5.56 Å². The predicted molar refractivity (Wildman–Crippen MR) is 138 cm³/mol. The Labute approximate surface area is 207 Å². The van der Waals surface area contributed by atoms with E-state index in [1.807, 2.05) is 52.9 Å². The van der Waals surface area contributed by atoms with Gasteiger partial charge >= 0.3 is 0 Å². The molecule has 4 aromatic rings. The van der Waals surface area contributed by atoms with Crippen LogP contribution in [0.3, 0.4) is 0 Å². The highest BCUT2D eigenvalue weighted by Gasteiger charge is 2.42. The van der Waals surface area contributed by atoms with Crippen LogP contribution in [0.15, 0.2) is 58.5 Å². The smallest absolute Gasteiger partial charge is 0.267 e. The number of hydrogen-bond donors (Lipinski definition) is 1. The Morgan fingerprint density at radius 2 is 1.71 bits per heavy atom. The van der Waals surface area contributed by atoms with Crippen LogP contribution in [0, 0.1) is 11.8 Å². The molecule has 0 unspecified atom stereocenters. The molecule has 1 amide bonds. The number of para-hydroxylation sites is 2. The van der Waals surface area contributed by atoms with Gasteiger partial charge in [-0.3, -0.25) is 14.0 Å². The van der Waals surface area contributed by atoms with E-state index < -0.39 is 0 Å². The summed E-state index contributed by atoms with van der Waals surface area (Å²) in [5.74, 6) is 2.31. The van der Waals surface area contributed by atoms with Gasteiger partial charge in [0.05, 0.1) is 22.3 Å². The second-order valence-corrected chi connectivity index (χ2v) is 11.0. The maximum absolute atomic E-state index is 13.7. The van der Waals surface area contributed by atoms with Crippen LogP contribution in [-0.2, 0) is 4.79 Å². The minimum atomic E-state index is -0.125. The Hall–Kier alpha value is -3.13. The molecule has 2 aromatic heterocycles. The number of amides is 1. The second kappa shape index (κ2) is 8.82. The van der Waals surface area contributed by atoms with Gasteiger partial charge in [-0.2, -0.15) is 0 Å². The van der Waals surface area contributed by atoms with Crippen LogP contribution >= 0.6 is 11.8 Å². The number of nitrogens with zero attached hydrogens (tertiary/aromatic N) is 4. The van der Waals surface area contributed by atoms with Gasteiger partial charge in [-0.15, -0.1) is 10.2 Å². The molecule has 7 nitrogen and oxygen atoms in total. The molecule has 2 fully saturated rings. The average molecular weight is 488 g/mol. The third-order valence-electron chi connectivity index (χ3n) is 7.11. The Kier molecular flexibility index (Phi) is 5.63. The SMILES string of the molecule is CC(C)c1ccccc1-n1c(=O)c2ccccc2n2c(SCC(=O)NC(C3CC3)C3CC3)nnc12. The summed E-state index contributed by atoms with van der Waals surface area (Å²) in [6.07, 6.45) is 4.91. The first-order valence-corrected chi connectivity index (χ1v) is 13.4. The van der Waals surface area contributed by atoms with Crippen molar-refractivity contribution >= 4 is 34.3 Å². The van der Waals surface area contributed by atoms with Gasteiger partial charge in [0.2, 0.25) is 11.7 Å². The van der Waals surface area contributed by atoms with Crippen LogP contribution in [0.4, 0.5) is 0 Å². The zero-order chi connectivity index (χ0) is 24.1. The highest BCUT2D eigenvalue weighted by Crippen LogP contribution is 2.44. The summed E-state index contributed by atoms with van der Waals surface area (Å²) in [6.45, 7) is 4.23. The van der Waals surface area contributed by atoms with Crippen LogP contribution in [0.1, 0.15) is 51.0 Å². The Bertz CT molecular complexity index is 1470.